The molecule has 0 unspecified atom stereocenters. The maximum atomic E-state index is 12.5. The largest absolute Gasteiger partial charge is 0.487 e. The van der Waals surface area contributed by atoms with Crippen molar-refractivity contribution in [3.8, 4) is 5.75 Å². The van der Waals surface area contributed by atoms with Crippen LogP contribution in [0.2, 0.25) is 0 Å². The molecule has 0 radical (unpaired) electrons. The van der Waals surface area contributed by atoms with Crippen molar-refractivity contribution >= 4 is 10.0 Å². The predicted molar refractivity (Wildman–Crippen MR) is 73.1 cm³/mol. The quantitative estimate of drug-likeness (QED) is 0.842. The van der Waals surface area contributed by atoms with Crippen LogP contribution in [-0.2, 0) is 20.9 Å². The van der Waals surface area contributed by atoms with E-state index in [0.717, 1.165) is 18.4 Å². The van der Waals surface area contributed by atoms with Gasteiger partial charge >= 0.3 is 6.18 Å². The first kappa shape index (κ1) is 17.0. The number of hydrogen-bond acceptors (Lipinski definition) is 4. The smallest absolute Gasteiger partial charge is 0.416 e. The number of sulfonamides is 1. The Morgan fingerprint density at radius 3 is 2.45 bits per heavy atom. The van der Waals surface area contributed by atoms with E-state index >= 15 is 0 Å². The van der Waals surface area contributed by atoms with Gasteiger partial charge in [-0.25, -0.2) is 8.42 Å². The Bertz CT molecular complexity index is 601. The summed E-state index contributed by atoms with van der Waals surface area (Å²) in [6, 6.07) is 4.25. The van der Waals surface area contributed by atoms with Crippen LogP contribution in [0.5, 0.6) is 5.75 Å². The lowest BCUT2D eigenvalue weighted by Crippen LogP contribution is -2.39. The summed E-state index contributed by atoms with van der Waals surface area (Å²) in [4.78, 5) is 0. The van der Waals surface area contributed by atoms with E-state index < -0.39 is 27.9 Å². The fraction of sp³-hybridized carbons (Fsp3) is 0.538. The molecule has 0 N–H and O–H groups in total. The van der Waals surface area contributed by atoms with Crippen LogP contribution in [0.1, 0.15) is 5.56 Å². The van der Waals surface area contributed by atoms with Crippen molar-refractivity contribution < 1.29 is 31.1 Å². The Hall–Kier alpha value is -1.32. The molecule has 0 spiro atoms. The molecule has 1 atom stereocenters. The predicted octanol–water partition coefficient (Wildman–Crippen LogP) is 1.74. The summed E-state index contributed by atoms with van der Waals surface area (Å²) in [6.07, 6.45) is -3.89. The zero-order valence-electron chi connectivity index (χ0n) is 11.8. The van der Waals surface area contributed by atoms with Crippen LogP contribution in [0.15, 0.2) is 24.3 Å². The second kappa shape index (κ2) is 6.43. The average Bonchev–Trinajstić information content (AvgIpc) is 2.63. The molecule has 22 heavy (non-hydrogen) atoms. The van der Waals surface area contributed by atoms with E-state index in [0.29, 0.717) is 0 Å². The van der Waals surface area contributed by atoms with Crippen molar-refractivity contribution in [2.75, 3.05) is 32.6 Å². The third-order valence-corrected chi connectivity index (χ3v) is 4.42. The van der Waals surface area contributed by atoms with Gasteiger partial charge in [-0.15, -0.1) is 0 Å². The van der Waals surface area contributed by atoms with Gasteiger partial charge < -0.3 is 9.47 Å². The van der Waals surface area contributed by atoms with E-state index in [2.05, 4.69) is 0 Å². The zero-order chi connectivity index (χ0) is 16.4. The van der Waals surface area contributed by atoms with Crippen molar-refractivity contribution in [1.82, 2.24) is 4.31 Å². The summed E-state index contributed by atoms with van der Waals surface area (Å²) in [5.74, 6) is 0.233. The van der Waals surface area contributed by atoms with Crippen LogP contribution < -0.4 is 4.74 Å². The van der Waals surface area contributed by atoms with Crippen molar-refractivity contribution in [3.63, 3.8) is 0 Å². The van der Waals surface area contributed by atoms with Crippen LogP contribution in [0.3, 0.4) is 0 Å². The molecule has 0 amide bonds. The molecule has 1 fully saturated rings. The van der Waals surface area contributed by atoms with E-state index in [4.69, 9.17) is 9.47 Å². The highest BCUT2D eigenvalue weighted by molar-refractivity contribution is 7.88. The van der Waals surface area contributed by atoms with Gasteiger partial charge in [-0.1, -0.05) is 0 Å². The van der Waals surface area contributed by atoms with Crippen molar-refractivity contribution in [2.24, 2.45) is 0 Å². The number of hydrogen-bond donors (Lipinski definition) is 0. The van der Waals surface area contributed by atoms with Gasteiger partial charge in [0.15, 0.2) is 0 Å². The number of nitrogens with zero attached hydrogens (tertiary/aromatic N) is 1. The lowest BCUT2D eigenvalue weighted by molar-refractivity contribution is -0.137. The van der Waals surface area contributed by atoms with Gasteiger partial charge in [0.25, 0.3) is 0 Å². The highest BCUT2D eigenvalue weighted by atomic mass is 32.2. The number of alkyl halides is 3. The van der Waals surface area contributed by atoms with E-state index in [-0.39, 0.29) is 32.1 Å². The van der Waals surface area contributed by atoms with Crippen LogP contribution in [-0.4, -0.2) is 51.4 Å². The lowest BCUT2D eigenvalue weighted by atomic mass is 10.2. The van der Waals surface area contributed by atoms with Gasteiger partial charge in [-0.05, 0) is 24.3 Å². The molecule has 1 aliphatic heterocycles. The second-order valence-electron chi connectivity index (χ2n) is 4.96. The third kappa shape index (κ3) is 4.59. The van der Waals surface area contributed by atoms with E-state index in [9.17, 15) is 21.6 Å². The van der Waals surface area contributed by atoms with Gasteiger partial charge in [0.2, 0.25) is 10.0 Å². The van der Waals surface area contributed by atoms with Crippen LogP contribution in [0, 0.1) is 0 Å². The molecule has 9 heteroatoms. The first-order chi connectivity index (χ1) is 10.2. The minimum Gasteiger partial charge on any atom is -0.487 e. The molecule has 1 aromatic carbocycles. The van der Waals surface area contributed by atoms with Crippen LogP contribution in [0.4, 0.5) is 13.2 Å². The molecule has 0 aromatic heterocycles. The van der Waals surface area contributed by atoms with Gasteiger partial charge in [0, 0.05) is 6.54 Å². The molecular weight excluding hydrogens is 323 g/mol. The van der Waals surface area contributed by atoms with Gasteiger partial charge in [0.05, 0.1) is 31.6 Å². The summed E-state index contributed by atoms with van der Waals surface area (Å²) in [7, 11) is -3.38. The summed E-state index contributed by atoms with van der Waals surface area (Å²) in [6.45, 7) is 0.749. The molecular formula is C13H16F3NO4S. The van der Waals surface area contributed by atoms with E-state index in [1.165, 1.54) is 16.4 Å². The molecule has 1 aliphatic rings. The molecule has 1 saturated heterocycles. The minimum atomic E-state index is -4.41. The molecule has 124 valence electrons. The molecule has 0 bridgehead atoms. The SMILES string of the molecule is CS(=O)(=O)N1CCOC[C@H](Oc2ccc(C(F)(F)F)cc2)C1. The minimum absolute atomic E-state index is 0.0971. The van der Waals surface area contributed by atoms with Gasteiger partial charge in [-0.2, -0.15) is 17.5 Å². The Morgan fingerprint density at radius 1 is 1.27 bits per heavy atom. The van der Waals surface area contributed by atoms with Gasteiger partial charge in [0.1, 0.15) is 11.9 Å². The summed E-state index contributed by atoms with van der Waals surface area (Å²) in [5, 5.41) is 0. The van der Waals surface area contributed by atoms with Crippen molar-refractivity contribution in [1.29, 1.82) is 0 Å². The number of halogens is 3. The Balaban J connectivity index is 2.06. The normalized spacial score (nSPS) is 21.4. The average molecular weight is 339 g/mol. The second-order valence-corrected chi connectivity index (χ2v) is 6.94. The van der Waals surface area contributed by atoms with E-state index in [1.54, 1.807) is 0 Å². The first-order valence-corrected chi connectivity index (χ1v) is 8.38. The fourth-order valence-corrected chi connectivity index (χ4v) is 2.88. The standard InChI is InChI=1S/C13H16F3NO4S/c1-22(18,19)17-6-7-20-9-12(8-17)21-11-4-2-10(3-5-11)13(14,15)16/h2-5,12H,6-9H2,1H3/t12-/m1/s1. The third-order valence-electron chi connectivity index (χ3n) is 3.15. The fourth-order valence-electron chi connectivity index (χ4n) is 2.04. The topological polar surface area (TPSA) is 55.8 Å². The highest BCUT2D eigenvalue weighted by Gasteiger charge is 2.30. The molecule has 5 nitrogen and oxygen atoms in total. The highest BCUT2D eigenvalue weighted by Crippen LogP contribution is 2.30. The zero-order valence-corrected chi connectivity index (χ0v) is 12.7. The monoisotopic (exact) mass is 339 g/mol. The van der Waals surface area contributed by atoms with Crippen LogP contribution >= 0.6 is 0 Å². The lowest BCUT2D eigenvalue weighted by Gasteiger charge is -2.22. The summed E-state index contributed by atoms with van der Waals surface area (Å²) >= 11 is 0. The Morgan fingerprint density at radius 2 is 1.91 bits per heavy atom. The Labute approximate surface area is 126 Å². The molecule has 1 heterocycles. The van der Waals surface area contributed by atoms with Gasteiger partial charge in [-0.3, -0.25) is 0 Å². The molecule has 2 rings (SSSR count). The van der Waals surface area contributed by atoms with Crippen molar-refractivity contribution in [2.45, 2.75) is 12.3 Å². The molecule has 0 saturated carbocycles. The first-order valence-electron chi connectivity index (χ1n) is 6.53. The Kier molecular flexibility index (Phi) is 4.98. The molecule has 1 aromatic rings. The van der Waals surface area contributed by atoms with E-state index in [1.807, 2.05) is 0 Å². The summed E-state index contributed by atoms with van der Waals surface area (Å²) < 4.78 is 72.6. The number of benzene rings is 1. The summed E-state index contributed by atoms with van der Waals surface area (Å²) in [5.41, 5.74) is -0.769. The maximum absolute atomic E-state index is 12.5. The maximum Gasteiger partial charge on any atom is 0.416 e. The number of rotatable bonds is 3. The van der Waals surface area contributed by atoms with Crippen molar-refractivity contribution in [3.05, 3.63) is 29.8 Å². The number of ether oxygens (including phenoxy) is 2. The molecule has 0 aliphatic carbocycles. The van der Waals surface area contributed by atoms with Crippen LogP contribution in [0.25, 0.3) is 0 Å².